The summed E-state index contributed by atoms with van der Waals surface area (Å²) in [6.45, 7) is 6.56. The molecule has 2 aromatic rings. The van der Waals surface area contributed by atoms with E-state index in [1.807, 2.05) is 46.0 Å². The maximum atomic E-state index is 11.4. The van der Waals surface area contributed by atoms with Crippen molar-refractivity contribution in [2.24, 2.45) is 7.05 Å². The lowest BCUT2D eigenvalue weighted by atomic mass is 9.91. The first kappa shape index (κ1) is 15.5. The van der Waals surface area contributed by atoms with E-state index in [9.17, 15) is 9.90 Å². The molecule has 2 heterocycles. The predicted octanol–water partition coefficient (Wildman–Crippen LogP) is 2.51. The van der Waals surface area contributed by atoms with Gasteiger partial charge >= 0.3 is 5.97 Å². The fraction of sp³-hybridized carbons (Fsp3) is 0.500. The molecule has 0 aromatic carbocycles. The summed E-state index contributed by atoms with van der Waals surface area (Å²) < 4.78 is 1.74. The summed E-state index contributed by atoms with van der Waals surface area (Å²) in [4.78, 5) is 18.2. The molecule has 0 amide bonds. The highest BCUT2D eigenvalue weighted by molar-refractivity contribution is 7.17. The van der Waals surface area contributed by atoms with Crippen molar-refractivity contribution < 1.29 is 9.90 Å². The molecule has 0 radical (unpaired) electrons. The first-order valence-corrected chi connectivity index (χ1v) is 7.43. The first-order valence-electron chi connectivity index (χ1n) is 6.61. The standard InChI is InChI=1S/C14H20N4O2S/c1-14(2,3)11-10(12(19)20)21-13(16-11)17(4)7-9-6-15-18(5)8-9/h6,8H,7H2,1-5H3,(H,19,20). The van der Waals surface area contributed by atoms with E-state index in [1.165, 1.54) is 11.3 Å². The zero-order chi connectivity index (χ0) is 15.8. The second-order valence-corrected chi connectivity index (χ2v) is 7.09. The number of carbonyl (C=O) groups is 1. The van der Waals surface area contributed by atoms with Crippen LogP contribution in [0.2, 0.25) is 0 Å². The molecule has 7 heteroatoms. The Kier molecular flexibility index (Phi) is 4.04. The summed E-state index contributed by atoms with van der Waals surface area (Å²) in [5.41, 5.74) is 1.40. The zero-order valence-corrected chi connectivity index (χ0v) is 13.7. The number of aryl methyl sites for hydroxylation is 1. The summed E-state index contributed by atoms with van der Waals surface area (Å²) in [5.74, 6) is -0.918. The Morgan fingerprint density at radius 2 is 2.14 bits per heavy atom. The van der Waals surface area contributed by atoms with E-state index < -0.39 is 5.97 Å². The third-order valence-electron chi connectivity index (χ3n) is 3.03. The van der Waals surface area contributed by atoms with Crippen LogP contribution in [-0.2, 0) is 19.0 Å². The van der Waals surface area contributed by atoms with E-state index in [1.54, 1.807) is 10.9 Å². The molecule has 6 nitrogen and oxygen atoms in total. The Labute approximate surface area is 128 Å². The molecule has 0 aliphatic rings. The van der Waals surface area contributed by atoms with Crippen molar-refractivity contribution in [2.45, 2.75) is 32.7 Å². The maximum Gasteiger partial charge on any atom is 0.347 e. The van der Waals surface area contributed by atoms with Gasteiger partial charge in [-0.1, -0.05) is 32.1 Å². The van der Waals surface area contributed by atoms with E-state index >= 15 is 0 Å². The van der Waals surface area contributed by atoms with Crippen molar-refractivity contribution >= 4 is 22.4 Å². The number of carboxylic acid groups (broad SMARTS) is 1. The van der Waals surface area contributed by atoms with Crippen LogP contribution >= 0.6 is 11.3 Å². The molecule has 0 unspecified atom stereocenters. The van der Waals surface area contributed by atoms with Gasteiger partial charge in [-0.25, -0.2) is 9.78 Å². The van der Waals surface area contributed by atoms with Gasteiger partial charge in [0, 0.05) is 37.8 Å². The summed E-state index contributed by atoms with van der Waals surface area (Å²) >= 11 is 1.22. The van der Waals surface area contributed by atoms with Crippen molar-refractivity contribution in [3.8, 4) is 0 Å². The quantitative estimate of drug-likeness (QED) is 0.939. The van der Waals surface area contributed by atoms with Gasteiger partial charge in [0.05, 0.1) is 11.9 Å². The molecule has 0 saturated heterocycles. The van der Waals surface area contributed by atoms with Crippen LogP contribution in [0.4, 0.5) is 5.13 Å². The van der Waals surface area contributed by atoms with E-state index in [0.717, 1.165) is 5.56 Å². The normalized spacial score (nSPS) is 11.7. The van der Waals surface area contributed by atoms with Crippen LogP contribution in [0.5, 0.6) is 0 Å². The molecular formula is C14H20N4O2S. The lowest BCUT2D eigenvalue weighted by Gasteiger charge is -2.17. The predicted molar refractivity (Wildman–Crippen MR) is 83.1 cm³/mol. The molecule has 0 atom stereocenters. The largest absolute Gasteiger partial charge is 0.477 e. The smallest absolute Gasteiger partial charge is 0.347 e. The molecule has 2 aromatic heterocycles. The number of hydrogen-bond donors (Lipinski definition) is 1. The number of anilines is 1. The van der Waals surface area contributed by atoms with Crippen LogP contribution in [0.25, 0.3) is 0 Å². The van der Waals surface area contributed by atoms with Crippen molar-refractivity contribution in [2.75, 3.05) is 11.9 Å². The van der Waals surface area contributed by atoms with Gasteiger partial charge in [-0.15, -0.1) is 0 Å². The monoisotopic (exact) mass is 308 g/mol. The van der Waals surface area contributed by atoms with E-state index in [2.05, 4.69) is 10.1 Å². The van der Waals surface area contributed by atoms with Crippen molar-refractivity contribution in [3.63, 3.8) is 0 Å². The lowest BCUT2D eigenvalue weighted by Crippen LogP contribution is -2.18. The Hall–Kier alpha value is -1.89. The average molecular weight is 308 g/mol. The van der Waals surface area contributed by atoms with Crippen molar-refractivity contribution in [1.29, 1.82) is 0 Å². The lowest BCUT2D eigenvalue weighted by molar-refractivity contribution is 0.0699. The summed E-state index contributed by atoms with van der Waals surface area (Å²) in [5, 5.41) is 14.2. The van der Waals surface area contributed by atoms with Crippen LogP contribution in [0, 0.1) is 0 Å². The topological polar surface area (TPSA) is 71.2 Å². The molecule has 0 saturated carbocycles. The minimum absolute atomic E-state index is 0.294. The number of rotatable bonds is 4. The summed E-state index contributed by atoms with van der Waals surface area (Å²) in [7, 11) is 3.77. The van der Waals surface area contributed by atoms with Gasteiger partial charge in [-0.2, -0.15) is 5.10 Å². The van der Waals surface area contributed by atoms with E-state index in [0.29, 0.717) is 22.2 Å². The molecule has 114 valence electrons. The molecule has 0 aliphatic heterocycles. The minimum atomic E-state index is -0.918. The zero-order valence-electron chi connectivity index (χ0n) is 12.9. The summed E-state index contributed by atoms with van der Waals surface area (Å²) in [6, 6.07) is 0. The van der Waals surface area contributed by atoms with Gasteiger partial charge in [-0.05, 0) is 0 Å². The molecule has 1 N–H and O–H groups in total. The van der Waals surface area contributed by atoms with E-state index in [-0.39, 0.29) is 5.41 Å². The Morgan fingerprint density at radius 3 is 2.57 bits per heavy atom. The second-order valence-electron chi connectivity index (χ2n) is 6.11. The number of hydrogen-bond acceptors (Lipinski definition) is 5. The van der Waals surface area contributed by atoms with Gasteiger partial charge in [0.15, 0.2) is 5.13 Å². The second kappa shape index (κ2) is 5.48. The van der Waals surface area contributed by atoms with Crippen LogP contribution < -0.4 is 4.90 Å². The summed E-state index contributed by atoms with van der Waals surface area (Å²) in [6.07, 6.45) is 3.74. The number of aromatic nitrogens is 3. The average Bonchev–Trinajstić information content (AvgIpc) is 2.94. The molecular weight excluding hydrogens is 288 g/mol. The fourth-order valence-corrected chi connectivity index (χ4v) is 3.10. The fourth-order valence-electron chi connectivity index (χ4n) is 2.02. The SMILES string of the molecule is CN(Cc1cnn(C)c1)c1nc(C(C)(C)C)c(C(=O)O)s1. The molecule has 0 fully saturated rings. The molecule has 0 aliphatic carbocycles. The highest BCUT2D eigenvalue weighted by Gasteiger charge is 2.27. The van der Waals surface area contributed by atoms with Crippen LogP contribution in [0.1, 0.15) is 41.7 Å². The third-order valence-corrected chi connectivity index (χ3v) is 4.18. The number of aromatic carboxylic acids is 1. The van der Waals surface area contributed by atoms with Crippen molar-refractivity contribution in [3.05, 3.63) is 28.5 Å². The van der Waals surface area contributed by atoms with E-state index in [4.69, 9.17) is 0 Å². The highest BCUT2D eigenvalue weighted by Crippen LogP contribution is 2.33. The number of nitrogens with zero attached hydrogens (tertiary/aromatic N) is 4. The first-order chi connectivity index (χ1) is 9.68. The molecule has 2 rings (SSSR count). The highest BCUT2D eigenvalue weighted by atomic mass is 32.1. The third kappa shape index (κ3) is 3.41. The molecule has 0 bridgehead atoms. The van der Waals surface area contributed by atoms with Gasteiger partial charge in [0.1, 0.15) is 4.88 Å². The van der Waals surface area contributed by atoms with Gasteiger partial charge in [-0.3, -0.25) is 4.68 Å². The van der Waals surface area contributed by atoms with Crippen LogP contribution in [-0.4, -0.2) is 32.9 Å². The number of thiazole rings is 1. The van der Waals surface area contributed by atoms with Gasteiger partial charge in [0.2, 0.25) is 0 Å². The van der Waals surface area contributed by atoms with Crippen LogP contribution in [0.15, 0.2) is 12.4 Å². The number of carboxylic acids is 1. The Bertz CT molecular complexity index is 654. The van der Waals surface area contributed by atoms with Gasteiger partial charge < -0.3 is 10.0 Å². The Morgan fingerprint density at radius 1 is 1.48 bits per heavy atom. The Balaban J connectivity index is 2.29. The van der Waals surface area contributed by atoms with Crippen LogP contribution in [0.3, 0.4) is 0 Å². The van der Waals surface area contributed by atoms with Gasteiger partial charge in [0.25, 0.3) is 0 Å². The molecule has 21 heavy (non-hydrogen) atoms. The molecule has 0 spiro atoms. The maximum absolute atomic E-state index is 11.4. The minimum Gasteiger partial charge on any atom is -0.477 e. The van der Waals surface area contributed by atoms with Crippen molar-refractivity contribution in [1.82, 2.24) is 14.8 Å².